The molecule has 3 nitrogen and oxygen atoms in total. The van der Waals surface area contributed by atoms with Gasteiger partial charge in [0.15, 0.2) is 0 Å². The summed E-state index contributed by atoms with van der Waals surface area (Å²) in [7, 11) is 0. The van der Waals surface area contributed by atoms with Crippen LogP contribution in [0, 0.1) is 13.8 Å². The van der Waals surface area contributed by atoms with Crippen molar-refractivity contribution in [3.63, 3.8) is 0 Å². The third kappa shape index (κ3) is 3.22. The summed E-state index contributed by atoms with van der Waals surface area (Å²) in [6.07, 6.45) is 0. The van der Waals surface area contributed by atoms with Gasteiger partial charge in [-0.3, -0.25) is 4.79 Å². The lowest BCUT2D eigenvalue weighted by Gasteiger charge is -2.10. The van der Waals surface area contributed by atoms with Crippen molar-refractivity contribution in [3.8, 4) is 0 Å². The monoisotopic (exact) mass is 284 g/mol. The van der Waals surface area contributed by atoms with Gasteiger partial charge in [-0.2, -0.15) is 0 Å². The van der Waals surface area contributed by atoms with Crippen molar-refractivity contribution < 1.29 is 4.79 Å². The van der Waals surface area contributed by atoms with Crippen LogP contribution < -0.4 is 11.1 Å². The topological polar surface area (TPSA) is 55.1 Å². The summed E-state index contributed by atoms with van der Waals surface area (Å²) in [5.74, 6) is -0.166. The lowest BCUT2D eigenvalue weighted by atomic mass is 10.1. The summed E-state index contributed by atoms with van der Waals surface area (Å²) in [5.41, 5.74) is 9.69. The van der Waals surface area contributed by atoms with Gasteiger partial charge in [0.2, 0.25) is 0 Å². The molecular formula is C16H16N2OS. The first-order chi connectivity index (χ1) is 9.47. The third-order valence-corrected chi connectivity index (χ3v) is 3.14. The van der Waals surface area contributed by atoms with E-state index in [9.17, 15) is 4.79 Å². The van der Waals surface area contributed by atoms with Crippen molar-refractivity contribution in [2.45, 2.75) is 13.8 Å². The van der Waals surface area contributed by atoms with Gasteiger partial charge in [-0.1, -0.05) is 41.5 Å². The van der Waals surface area contributed by atoms with Crippen molar-refractivity contribution in [1.82, 2.24) is 0 Å². The highest BCUT2D eigenvalue weighted by atomic mass is 32.1. The molecule has 0 aliphatic carbocycles. The molecule has 0 saturated carbocycles. The highest BCUT2D eigenvalue weighted by molar-refractivity contribution is 7.80. The SMILES string of the molecule is Cc1cc(C)cc(C(=O)Nc2ccccc2C(N)=S)c1. The van der Waals surface area contributed by atoms with Crippen LogP contribution in [0.4, 0.5) is 5.69 Å². The molecule has 4 heteroatoms. The van der Waals surface area contributed by atoms with Crippen LogP contribution in [0.2, 0.25) is 0 Å². The van der Waals surface area contributed by atoms with Crippen molar-refractivity contribution in [2.75, 3.05) is 5.32 Å². The number of para-hydroxylation sites is 1. The zero-order valence-electron chi connectivity index (χ0n) is 11.4. The fourth-order valence-electron chi connectivity index (χ4n) is 2.11. The zero-order chi connectivity index (χ0) is 14.7. The average Bonchev–Trinajstić information content (AvgIpc) is 2.37. The molecule has 0 fully saturated rings. The first-order valence-electron chi connectivity index (χ1n) is 6.26. The van der Waals surface area contributed by atoms with E-state index in [4.69, 9.17) is 18.0 Å². The minimum atomic E-state index is -0.166. The van der Waals surface area contributed by atoms with Gasteiger partial charge in [-0.25, -0.2) is 0 Å². The van der Waals surface area contributed by atoms with Gasteiger partial charge in [0.25, 0.3) is 5.91 Å². The van der Waals surface area contributed by atoms with Gasteiger partial charge in [-0.15, -0.1) is 0 Å². The minimum Gasteiger partial charge on any atom is -0.389 e. The molecule has 0 spiro atoms. The Morgan fingerprint density at radius 2 is 1.70 bits per heavy atom. The van der Waals surface area contributed by atoms with Crippen molar-refractivity contribution in [2.24, 2.45) is 5.73 Å². The highest BCUT2D eigenvalue weighted by Crippen LogP contribution is 2.17. The molecule has 102 valence electrons. The Balaban J connectivity index is 2.30. The molecular weight excluding hydrogens is 268 g/mol. The van der Waals surface area contributed by atoms with Gasteiger partial charge in [0.1, 0.15) is 4.99 Å². The lowest BCUT2D eigenvalue weighted by Crippen LogP contribution is -2.17. The number of carbonyl (C=O) groups is 1. The molecule has 0 saturated heterocycles. The summed E-state index contributed by atoms with van der Waals surface area (Å²) in [6, 6.07) is 13.0. The molecule has 0 atom stereocenters. The Hall–Kier alpha value is -2.20. The van der Waals surface area contributed by atoms with E-state index in [-0.39, 0.29) is 10.9 Å². The van der Waals surface area contributed by atoms with Gasteiger partial charge >= 0.3 is 0 Å². The van der Waals surface area contributed by atoms with Crippen LogP contribution in [0.3, 0.4) is 0 Å². The highest BCUT2D eigenvalue weighted by Gasteiger charge is 2.10. The van der Waals surface area contributed by atoms with Crippen molar-refractivity contribution in [1.29, 1.82) is 0 Å². The molecule has 2 aromatic rings. The number of benzene rings is 2. The standard InChI is InChI=1S/C16H16N2OS/c1-10-7-11(2)9-12(8-10)16(19)18-14-6-4-3-5-13(14)15(17)20/h3-9H,1-2H3,(H2,17,20)(H,18,19). The number of aryl methyl sites for hydroxylation is 2. The van der Waals surface area contributed by atoms with E-state index in [1.54, 1.807) is 12.1 Å². The second kappa shape index (κ2) is 5.84. The van der Waals surface area contributed by atoms with E-state index in [0.717, 1.165) is 11.1 Å². The smallest absolute Gasteiger partial charge is 0.255 e. The molecule has 0 aromatic heterocycles. The largest absolute Gasteiger partial charge is 0.389 e. The quantitative estimate of drug-likeness (QED) is 0.851. The van der Waals surface area contributed by atoms with Gasteiger partial charge in [0, 0.05) is 11.1 Å². The summed E-state index contributed by atoms with van der Waals surface area (Å²) < 4.78 is 0. The molecule has 0 aliphatic rings. The molecule has 1 amide bonds. The van der Waals surface area contributed by atoms with Gasteiger partial charge in [0.05, 0.1) is 5.69 Å². The molecule has 0 unspecified atom stereocenters. The maximum atomic E-state index is 12.3. The normalized spacial score (nSPS) is 10.1. The van der Waals surface area contributed by atoms with E-state index in [2.05, 4.69) is 5.32 Å². The van der Waals surface area contributed by atoms with Crippen LogP contribution in [0.15, 0.2) is 42.5 Å². The second-order valence-electron chi connectivity index (χ2n) is 4.74. The number of thiocarbonyl (C=S) groups is 1. The fourth-order valence-corrected chi connectivity index (χ4v) is 2.29. The van der Waals surface area contributed by atoms with E-state index >= 15 is 0 Å². The number of hydrogen-bond acceptors (Lipinski definition) is 2. The fraction of sp³-hybridized carbons (Fsp3) is 0.125. The predicted octanol–water partition coefficient (Wildman–Crippen LogP) is 3.19. The summed E-state index contributed by atoms with van der Waals surface area (Å²) in [6.45, 7) is 3.93. The summed E-state index contributed by atoms with van der Waals surface area (Å²) in [5, 5.41) is 2.86. The maximum Gasteiger partial charge on any atom is 0.255 e. The first-order valence-corrected chi connectivity index (χ1v) is 6.66. The Bertz CT molecular complexity index is 660. The van der Waals surface area contributed by atoms with Crippen LogP contribution in [0.5, 0.6) is 0 Å². The minimum absolute atomic E-state index is 0.166. The average molecular weight is 284 g/mol. The molecule has 0 radical (unpaired) electrons. The Kier molecular flexibility index (Phi) is 4.15. The van der Waals surface area contributed by atoms with Crippen LogP contribution in [0.25, 0.3) is 0 Å². The molecule has 20 heavy (non-hydrogen) atoms. The number of hydrogen-bond donors (Lipinski definition) is 2. The molecule has 0 bridgehead atoms. The first kappa shape index (κ1) is 14.2. The van der Waals surface area contributed by atoms with Gasteiger partial charge < -0.3 is 11.1 Å². The third-order valence-electron chi connectivity index (χ3n) is 2.92. The Morgan fingerprint density at radius 3 is 2.30 bits per heavy atom. The maximum absolute atomic E-state index is 12.3. The van der Waals surface area contributed by atoms with Crippen LogP contribution in [-0.2, 0) is 0 Å². The summed E-state index contributed by atoms with van der Waals surface area (Å²) >= 11 is 4.99. The van der Waals surface area contributed by atoms with Crippen molar-refractivity contribution >= 4 is 28.8 Å². The molecule has 2 rings (SSSR count). The number of carbonyl (C=O) groups excluding carboxylic acids is 1. The van der Waals surface area contributed by atoms with E-state index in [0.29, 0.717) is 16.8 Å². The Morgan fingerprint density at radius 1 is 1.10 bits per heavy atom. The van der Waals surface area contributed by atoms with Crippen LogP contribution >= 0.6 is 12.2 Å². The number of amides is 1. The zero-order valence-corrected chi connectivity index (χ0v) is 12.3. The van der Waals surface area contributed by atoms with Crippen LogP contribution in [-0.4, -0.2) is 10.9 Å². The molecule has 0 aliphatic heterocycles. The number of anilines is 1. The predicted molar refractivity (Wildman–Crippen MR) is 86.2 cm³/mol. The molecule has 2 aromatic carbocycles. The second-order valence-corrected chi connectivity index (χ2v) is 5.18. The lowest BCUT2D eigenvalue weighted by molar-refractivity contribution is 0.102. The van der Waals surface area contributed by atoms with E-state index in [1.165, 1.54) is 0 Å². The number of nitrogens with two attached hydrogens (primary N) is 1. The molecule has 0 heterocycles. The molecule has 3 N–H and O–H groups in total. The van der Waals surface area contributed by atoms with Crippen LogP contribution in [0.1, 0.15) is 27.0 Å². The number of rotatable bonds is 3. The van der Waals surface area contributed by atoms with Gasteiger partial charge in [-0.05, 0) is 38.1 Å². The summed E-state index contributed by atoms with van der Waals surface area (Å²) in [4.78, 5) is 12.6. The number of nitrogens with one attached hydrogen (secondary N) is 1. The van der Waals surface area contributed by atoms with Crippen molar-refractivity contribution in [3.05, 3.63) is 64.7 Å². The Labute approximate surface area is 123 Å². The van der Waals surface area contributed by atoms with E-state index < -0.39 is 0 Å². The van der Waals surface area contributed by atoms with E-state index in [1.807, 2.05) is 44.2 Å².